The fourth-order valence-electron chi connectivity index (χ4n) is 1.31. The van der Waals surface area contributed by atoms with Crippen molar-refractivity contribution in [2.24, 2.45) is 0 Å². The van der Waals surface area contributed by atoms with Gasteiger partial charge in [-0.15, -0.1) is 0 Å². The summed E-state index contributed by atoms with van der Waals surface area (Å²) >= 11 is 0. The first-order chi connectivity index (χ1) is 9.43. The highest BCUT2D eigenvalue weighted by Crippen LogP contribution is 1.99. The summed E-state index contributed by atoms with van der Waals surface area (Å²) in [5, 5.41) is 17.3. The molecule has 0 saturated carbocycles. The fraction of sp³-hybridized carbons (Fsp3) is 0.500. The number of aromatic amines is 1. The Kier molecular flexibility index (Phi) is 5.44. The summed E-state index contributed by atoms with van der Waals surface area (Å²) in [5.74, 6) is -1.60. The lowest BCUT2D eigenvalue weighted by Crippen LogP contribution is -2.47. The Bertz CT molecular complexity index is 474. The smallest absolute Gasteiger partial charge is 0.326 e. The van der Waals surface area contributed by atoms with Gasteiger partial charge in [-0.2, -0.15) is 5.10 Å². The molecule has 1 aromatic rings. The maximum Gasteiger partial charge on any atom is 0.326 e. The number of aromatic nitrogens is 3. The second-order valence-corrected chi connectivity index (χ2v) is 3.91. The molecule has 10 heteroatoms. The quantitative estimate of drug-likeness (QED) is 0.568. The molecule has 0 radical (unpaired) electrons. The fourth-order valence-corrected chi connectivity index (χ4v) is 1.31. The predicted molar refractivity (Wildman–Crippen MR) is 64.4 cm³/mol. The Balaban J connectivity index is 2.56. The van der Waals surface area contributed by atoms with Crippen LogP contribution in [-0.2, 0) is 20.9 Å². The highest BCUT2D eigenvalue weighted by Gasteiger charge is 2.25. The van der Waals surface area contributed by atoms with Crippen LogP contribution in [-0.4, -0.2) is 63.4 Å². The minimum Gasteiger partial charge on any atom is -0.480 e. The molecule has 0 saturated heterocycles. The Labute approximate surface area is 114 Å². The first-order valence-electron chi connectivity index (χ1n) is 5.59. The van der Waals surface area contributed by atoms with Crippen molar-refractivity contribution in [1.82, 2.24) is 25.4 Å². The van der Waals surface area contributed by atoms with E-state index in [0.717, 1.165) is 7.11 Å². The maximum atomic E-state index is 11.8. The number of nitrogens with one attached hydrogen (secondary N) is 2. The van der Waals surface area contributed by atoms with Crippen LogP contribution >= 0.6 is 0 Å². The van der Waals surface area contributed by atoms with Crippen LogP contribution in [0.4, 0.5) is 4.79 Å². The van der Waals surface area contributed by atoms with Crippen molar-refractivity contribution in [2.75, 3.05) is 14.2 Å². The van der Waals surface area contributed by atoms with Crippen molar-refractivity contribution in [3.05, 3.63) is 12.2 Å². The molecule has 20 heavy (non-hydrogen) atoms. The Morgan fingerprint density at radius 2 is 2.25 bits per heavy atom. The molecule has 10 nitrogen and oxygen atoms in total. The Morgan fingerprint density at radius 1 is 1.55 bits per heavy atom. The van der Waals surface area contributed by atoms with Crippen molar-refractivity contribution in [3.63, 3.8) is 0 Å². The Morgan fingerprint density at radius 3 is 2.75 bits per heavy atom. The number of rotatable bonds is 6. The molecule has 0 unspecified atom stereocenters. The number of H-pyrrole nitrogens is 1. The molecule has 0 spiro atoms. The number of carbonyl (C=O) groups is 3. The topological polar surface area (TPSA) is 138 Å². The second-order valence-electron chi connectivity index (χ2n) is 3.91. The van der Waals surface area contributed by atoms with E-state index in [-0.39, 0.29) is 6.54 Å². The van der Waals surface area contributed by atoms with Crippen LogP contribution in [0.2, 0.25) is 0 Å². The monoisotopic (exact) mass is 285 g/mol. The number of methoxy groups -OCH3 is 1. The third kappa shape index (κ3) is 4.55. The molecule has 1 rings (SSSR count). The Hall–Kier alpha value is -2.65. The number of hydrogen-bond donors (Lipinski definition) is 3. The molecule has 3 N–H and O–H groups in total. The third-order valence-electron chi connectivity index (χ3n) is 2.39. The normalized spacial score (nSPS) is 11.5. The summed E-state index contributed by atoms with van der Waals surface area (Å²) in [5.41, 5.74) is 0. The highest BCUT2D eigenvalue weighted by molar-refractivity contribution is 5.86. The zero-order valence-electron chi connectivity index (χ0n) is 11.0. The van der Waals surface area contributed by atoms with Gasteiger partial charge in [0.15, 0.2) is 0 Å². The van der Waals surface area contributed by atoms with Gasteiger partial charge < -0.3 is 20.1 Å². The van der Waals surface area contributed by atoms with Gasteiger partial charge in [-0.05, 0) is 0 Å². The van der Waals surface area contributed by atoms with Gasteiger partial charge in [-0.25, -0.2) is 14.6 Å². The van der Waals surface area contributed by atoms with Gasteiger partial charge in [0.25, 0.3) is 0 Å². The van der Waals surface area contributed by atoms with Crippen molar-refractivity contribution in [1.29, 1.82) is 0 Å². The van der Waals surface area contributed by atoms with E-state index in [0.29, 0.717) is 5.82 Å². The van der Waals surface area contributed by atoms with E-state index in [9.17, 15) is 14.4 Å². The van der Waals surface area contributed by atoms with Gasteiger partial charge in [0.05, 0.1) is 20.1 Å². The summed E-state index contributed by atoms with van der Waals surface area (Å²) in [6.07, 6.45) is 0.839. The van der Waals surface area contributed by atoms with Gasteiger partial charge in [0.2, 0.25) is 0 Å². The van der Waals surface area contributed by atoms with Crippen molar-refractivity contribution < 1.29 is 24.2 Å². The zero-order chi connectivity index (χ0) is 15.1. The van der Waals surface area contributed by atoms with E-state index >= 15 is 0 Å². The molecule has 2 amide bonds. The lowest BCUT2D eigenvalue weighted by atomic mass is 10.2. The van der Waals surface area contributed by atoms with E-state index in [4.69, 9.17) is 5.11 Å². The van der Waals surface area contributed by atoms with Crippen LogP contribution in [0.5, 0.6) is 0 Å². The number of carbonyl (C=O) groups excluding carboxylic acids is 2. The number of esters is 1. The lowest BCUT2D eigenvalue weighted by molar-refractivity contribution is -0.147. The highest BCUT2D eigenvalue weighted by atomic mass is 16.5. The van der Waals surface area contributed by atoms with E-state index < -0.39 is 30.4 Å². The summed E-state index contributed by atoms with van der Waals surface area (Å²) < 4.78 is 4.37. The molecular weight excluding hydrogens is 270 g/mol. The van der Waals surface area contributed by atoms with Crippen LogP contribution in [0.1, 0.15) is 12.2 Å². The molecule has 0 aromatic carbocycles. The molecule has 0 bridgehead atoms. The van der Waals surface area contributed by atoms with Gasteiger partial charge in [0, 0.05) is 7.05 Å². The largest absolute Gasteiger partial charge is 0.480 e. The number of carboxylic acid groups (broad SMARTS) is 1. The van der Waals surface area contributed by atoms with Crippen molar-refractivity contribution in [2.45, 2.75) is 19.0 Å². The van der Waals surface area contributed by atoms with Gasteiger partial charge >= 0.3 is 18.0 Å². The molecular formula is C10H15N5O5. The summed E-state index contributed by atoms with van der Waals surface area (Å²) in [4.78, 5) is 38.8. The van der Waals surface area contributed by atoms with E-state index in [1.807, 2.05) is 0 Å². The third-order valence-corrected chi connectivity index (χ3v) is 2.39. The van der Waals surface area contributed by atoms with Gasteiger partial charge in [0.1, 0.15) is 18.2 Å². The average molecular weight is 285 g/mol. The predicted octanol–water partition coefficient (Wildman–Crippen LogP) is -1.04. The first kappa shape index (κ1) is 15.4. The zero-order valence-corrected chi connectivity index (χ0v) is 11.0. The minimum absolute atomic E-state index is 0.121. The molecule has 110 valence electrons. The number of hydrogen-bond acceptors (Lipinski definition) is 6. The van der Waals surface area contributed by atoms with Crippen LogP contribution in [0, 0.1) is 0 Å². The van der Waals surface area contributed by atoms with Crippen LogP contribution < -0.4 is 5.32 Å². The molecule has 0 aliphatic carbocycles. The summed E-state index contributed by atoms with van der Waals surface area (Å²) in [7, 11) is 2.59. The number of aliphatic carboxylic acids is 1. The SMILES string of the molecule is COC(=O)C[C@H](NC(=O)N(C)Cc1ncn[nH]1)C(=O)O. The maximum absolute atomic E-state index is 11.8. The number of amides is 2. The standard InChI is InChI=1S/C10H15N5O5/c1-15(4-7-11-5-12-14-7)10(19)13-6(9(17)18)3-8(16)20-2/h5-6H,3-4H2,1-2H3,(H,13,19)(H,17,18)(H,11,12,14)/t6-/m0/s1. The van der Waals surface area contributed by atoms with Gasteiger partial charge in [-0.3, -0.25) is 9.89 Å². The number of nitrogens with zero attached hydrogens (tertiary/aromatic N) is 3. The first-order valence-corrected chi connectivity index (χ1v) is 5.59. The average Bonchev–Trinajstić information content (AvgIpc) is 2.90. The van der Waals surface area contributed by atoms with Crippen molar-refractivity contribution >= 4 is 18.0 Å². The van der Waals surface area contributed by atoms with Crippen LogP contribution in [0.25, 0.3) is 0 Å². The molecule has 0 fully saturated rings. The van der Waals surface area contributed by atoms with Gasteiger partial charge in [-0.1, -0.05) is 0 Å². The van der Waals surface area contributed by atoms with E-state index in [2.05, 4.69) is 25.2 Å². The number of ether oxygens (including phenoxy) is 1. The van der Waals surface area contributed by atoms with Crippen LogP contribution in [0.15, 0.2) is 6.33 Å². The summed E-state index contributed by atoms with van der Waals surface area (Å²) in [6.45, 7) is 0.121. The molecule has 1 heterocycles. The van der Waals surface area contributed by atoms with E-state index in [1.54, 1.807) is 0 Å². The second kappa shape index (κ2) is 7.07. The van der Waals surface area contributed by atoms with Crippen LogP contribution in [0.3, 0.4) is 0 Å². The molecule has 0 aliphatic heterocycles. The molecule has 1 aromatic heterocycles. The van der Waals surface area contributed by atoms with Crippen molar-refractivity contribution in [3.8, 4) is 0 Å². The van der Waals surface area contributed by atoms with E-state index in [1.165, 1.54) is 18.3 Å². The number of carboxylic acids is 1. The number of urea groups is 1. The summed E-state index contributed by atoms with van der Waals surface area (Å²) in [6, 6.07) is -2.01. The lowest BCUT2D eigenvalue weighted by Gasteiger charge is -2.19. The minimum atomic E-state index is -1.35. The molecule has 0 aliphatic rings. The molecule has 1 atom stereocenters.